The molecule has 4 atom stereocenters. The molecule has 0 aliphatic heterocycles. The second-order valence-corrected chi connectivity index (χ2v) is 11.3. The van der Waals surface area contributed by atoms with E-state index in [0.29, 0.717) is 5.69 Å². The van der Waals surface area contributed by atoms with Crippen molar-refractivity contribution in [1.82, 2.24) is 4.90 Å². The molecule has 0 radical (unpaired) electrons. The molecular weight excluding hydrogens is 568 g/mol. The molecule has 0 saturated heterocycles. The topological polar surface area (TPSA) is 243 Å². The molecule has 0 bridgehead atoms. The van der Waals surface area contributed by atoms with Crippen molar-refractivity contribution in [3.8, 4) is 5.75 Å². The molecule has 15 heteroatoms. The number of ketones is 2. The van der Waals surface area contributed by atoms with E-state index in [1.807, 2.05) is 0 Å². The third kappa shape index (κ3) is 4.64. The number of nitrogens with two attached hydrogens (primary N) is 2. The van der Waals surface area contributed by atoms with Crippen molar-refractivity contribution >= 4 is 41.0 Å². The largest absolute Gasteiger partial charge is 0.508 e. The summed E-state index contributed by atoms with van der Waals surface area (Å²) in [5, 5.41) is 45.4. The predicted octanol–water partition coefficient (Wildman–Crippen LogP) is -0.571. The first-order chi connectivity index (χ1) is 20.0. The molecule has 15 nitrogen and oxygen atoms in total. The minimum Gasteiger partial charge on any atom is -0.508 e. The summed E-state index contributed by atoms with van der Waals surface area (Å²) in [6, 6.07) is 1.42. The zero-order valence-corrected chi connectivity index (χ0v) is 24.0. The van der Waals surface area contributed by atoms with E-state index in [-0.39, 0.29) is 37.2 Å². The van der Waals surface area contributed by atoms with E-state index in [4.69, 9.17) is 16.2 Å². The van der Waals surface area contributed by atoms with Crippen LogP contribution < -0.4 is 16.4 Å². The molecule has 2 amide bonds. The lowest BCUT2D eigenvalue weighted by atomic mass is 9.51. The number of likely N-dealkylation sites (N-methyl/N-ethyl adjacent to an activating group) is 1. The number of aliphatic hydroxyl groups is 3. The highest BCUT2D eigenvalue weighted by molar-refractivity contribution is 6.25. The van der Waals surface area contributed by atoms with Crippen LogP contribution in [0, 0.1) is 11.3 Å². The second-order valence-electron chi connectivity index (χ2n) is 11.3. The van der Waals surface area contributed by atoms with Crippen LogP contribution in [0.4, 0.5) is 10.5 Å². The molecule has 1 aromatic carbocycles. The van der Waals surface area contributed by atoms with Crippen LogP contribution in [0.2, 0.25) is 0 Å². The van der Waals surface area contributed by atoms with Crippen molar-refractivity contribution in [2.45, 2.75) is 30.9 Å². The Kier molecular flexibility index (Phi) is 7.93. The molecular formula is C28H34N4O11. The number of hydrogen-bond acceptors (Lipinski definition) is 13. The van der Waals surface area contributed by atoms with Gasteiger partial charge in [-0.3, -0.25) is 24.1 Å². The number of primary amides is 2. The lowest BCUT2D eigenvalue weighted by Gasteiger charge is -2.53. The molecule has 3 aliphatic carbocycles. The highest BCUT2D eigenvalue weighted by atomic mass is 16.6. The molecule has 0 heterocycles. The van der Waals surface area contributed by atoms with E-state index in [2.05, 4.69) is 4.74 Å². The summed E-state index contributed by atoms with van der Waals surface area (Å²) in [7, 11) is 6.26. The molecule has 8 N–H and O–H groups in total. The SMILES string of the molecule is CN(C)c1ccc(O)c2c1C[C@@]1(C(=O)OCCCOC(N)=O)C[C@H]3[C@H](N(C)C)C(=O)C(C(N)=O)=C(O)[C@@]3(O)C(=O)C1=C2O. The number of carbonyl (C=O) groups excluding carboxylic acids is 5. The number of esters is 1. The third-order valence-corrected chi connectivity index (χ3v) is 8.31. The first-order valence-corrected chi connectivity index (χ1v) is 13.3. The molecule has 0 spiro atoms. The first kappa shape index (κ1) is 31.3. The number of Topliss-reactive ketones (excluding diaryl/α,β-unsaturated/α-hetero) is 2. The van der Waals surface area contributed by atoms with E-state index < -0.39 is 87.3 Å². The summed E-state index contributed by atoms with van der Waals surface area (Å²) in [5.41, 5.74) is 4.25. The molecule has 0 aromatic heterocycles. The summed E-state index contributed by atoms with van der Waals surface area (Å²) < 4.78 is 10.2. The minimum atomic E-state index is -2.96. The lowest BCUT2D eigenvalue weighted by Crippen LogP contribution is -2.68. The standard InChI is InChI=1S/C28H34N4O11/c1-31(2)14-6-7-15(33)16-12(14)10-27(25(39)42-8-5-9-43-26(30)40)11-13-19(32(3)4)21(35)17(24(29)38)22(36)28(13,41)23(37)18(27)20(16)34/h6-7,13,19,33-34,36,41H,5,8-11H2,1-4H3,(H2,29,38)(H2,30,40)/t13-,19-,27+,28+/m0/s1. The van der Waals surface area contributed by atoms with Gasteiger partial charge in [0.05, 0.1) is 30.4 Å². The number of phenolic OH excluding ortho intramolecular Hbond substituents is 1. The number of hydrogen-bond donors (Lipinski definition) is 6. The quantitative estimate of drug-likeness (QED) is 0.124. The number of fused-ring (bicyclic) bond motifs is 3. The Morgan fingerprint density at radius 1 is 1.02 bits per heavy atom. The Bertz CT molecular complexity index is 1500. The van der Waals surface area contributed by atoms with Gasteiger partial charge in [0.2, 0.25) is 5.78 Å². The fourth-order valence-electron chi connectivity index (χ4n) is 6.50. The van der Waals surface area contributed by atoms with Gasteiger partial charge in [0.25, 0.3) is 5.91 Å². The van der Waals surface area contributed by atoms with Crippen LogP contribution >= 0.6 is 0 Å². The van der Waals surface area contributed by atoms with Gasteiger partial charge in [-0.25, -0.2) is 4.79 Å². The Hall–Kier alpha value is -4.63. The monoisotopic (exact) mass is 602 g/mol. The number of ether oxygens (including phenoxy) is 2. The zero-order valence-electron chi connectivity index (χ0n) is 24.0. The van der Waals surface area contributed by atoms with E-state index in [1.54, 1.807) is 25.1 Å². The Labute approximate surface area is 245 Å². The predicted molar refractivity (Wildman–Crippen MR) is 149 cm³/mol. The van der Waals surface area contributed by atoms with Crippen molar-refractivity contribution in [2.75, 3.05) is 46.3 Å². The molecule has 4 rings (SSSR count). The van der Waals surface area contributed by atoms with Gasteiger partial charge in [-0.1, -0.05) is 0 Å². The third-order valence-electron chi connectivity index (χ3n) is 8.31. The number of aliphatic hydroxyl groups excluding tert-OH is 2. The molecule has 1 fully saturated rings. The molecule has 3 aliphatic rings. The van der Waals surface area contributed by atoms with E-state index in [9.17, 15) is 44.4 Å². The summed E-state index contributed by atoms with van der Waals surface area (Å²) in [4.78, 5) is 68.0. The highest BCUT2D eigenvalue weighted by Gasteiger charge is 2.70. The molecule has 1 saturated carbocycles. The van der Waals surface area contributed by atoms with Gasteiger partial charge in [0.1, 0.15) is 28.3 Å². The van der Waals surface area contributed by atoms with Crippen LogP contribution in [0.15, 0.2) is 29.0 Å². The van der Waals surface area contributed by atoms with Gasteiger partial charge in [0.15, 0.2) is 11.4 Å². The number of aromatic hydroxyl groups is 1. The number of amides is 2. The van der Waals surface area contributed by atoms with E-state index >= 15 is 0 Å². The van der Waals surface area contributed by atoms with E-state index in [1.165, 1.54) is 25.1 Å². The van der Waals surface area contributed by atoms with Crippen molar-refractivity contribution in [2.24, 2.45) is 22.8 Å². The number of carbonyl (C=O) groups is 5. The van der Waals surface area contributed by atoms with Crippen LogP contribution in [-0.4, -0.2) is 108 Å². The number of nitrogens with zero attached hydrogens (tertiary/aromatic N) is 2. The zero-order chi connectivity index (χ0) is 32.2. The lowest BCUT2D eigenvalue weighted by molar-refractivity contribution is -0.171. The fraction of sp³-hybridized carbons (Fsp3) is 0.464. The minimum absolute atomic E-state index is 0.0295. The fourth-order valence-corrected chi connectivity index (χ4v) is 6.50. The van der Waals surface area contributed by atoms with Crippen molar-refractivity contribution in [3.05, 3.63) is 40.2 Å². The van der Waals surface area contributed by atoms with Gasteiger partial charge < -0.3 is 46.3 Å². The summed E-state index contributed by atoms with van der Waals surface area (Å²) in [5.74, 6) is -8.83. The highest BCUT2D eigenvalue weighted by Crippen LogP contribution is 2.59. The molecule has 1 aromatic rings. The molecule has 232 valence electrons. The Balaban J connectivity index is 1.99. The molecule has 0 unspecified atom stereocenters. The van der Waals surface area contributed by atoms with Crippen molar-refractivity contribution in [1.29, 1.82) is 0 Å². The maximum atomic E-state index is 14.4. The van der Waals surface area contributed by atoms with Gasteiger partial charge in [-0.15, -0.1) is 0 Å². The van der Waals surface area contributed by atoms with E-state index in [0.717, 1.165) is 0 Å². The first-order valence-electron chi connectivity index (χ1n) is 13.3. The number of anilines is 1. The number of benzene rings is 1. The Morgan fingerprint density at radius 3 is 2.21 bits per heavy atom. The normalized spacial score (nSPS) is 26.5. The average Bonchev–Trinajstić information content (AvgIpc) is 2.89. The number of rotatable bonds is 8. The maximum absolute atomic E-state index is 14.4. The number of phenols is 1. The van der Waals surface area contributed by atoms with Crippen LogP contribution in [0.5, 0.6) is 5.75 Å². The van der Waals surface area contributed by atoms with Crippen molar-refractivity contribution in [3.63, 3.8) is 0 Å². The van der Waals surface area contributed by atoms with Gasteiger partial charge >= 0.3 is 12.1 Å². The summed E-state index contributed by atoms with van der Waals surface area (Å²) >= 11 is 0. The summed E-state index contributed by atoms with van der Waals surface area (Å²) in [6.07, 6.45) is -1.84. The molecule has 43 heavy (non-hydrogen) atoms. The Morgan fingerprint density at radius 2 is 1.65 bits per heavy atom. The van der Waals surface area contributed by atoms with Gasteiger partial charge in [0, 0.05) is 32.1 Å². The van der Waals surface area contributed by atoms with Crippen LogP contribution in [0.3, 0.4) is 0 Å². The maximum Gasteiger partial charge on any atom is 0.404 e. The van der Waals surface area contributed by atoms with Gasteiger partial charge in [-0.05, 0) is 44.6 Å². The van der Waals surface area contributed by atoms with Crippen molar-refractivity contribution < 1.29 is 53.9 Å². The van der Waals surface area contributed by atoms with Crippen LogP contribution in [-0.2, 0) is 35.1 Å². The summed E-state index contributed by atoms with van der Waals surface area (Å²) in [6.45, 7) is -0.483. The smallest absolute Gasteiger partial charge is 0.404 e. The van der Waals surface area contributed by atoms with Crippen LogP contribution in [0.1, 0.15) is 24.0 Å². The average molecular weight is 603 g/mol. The second kappa shape index (κ2) is 10.9. The van der Waals surface area contributed by atoms with Crippen LogP contribution in [0.25, 0.3) is 5.76 Å². The van der Waals surface area contributed by atoms with Gasteiger partial charge in [-0.2, -0.15) is 0 Å².